The molecule has 3 aromatic rings. The van der Waals surface area contributed by atoms with E-state index in [1.807, 2.05) is 0 Å². The van der Waals surface area contributed by atoms with Crippen molar-refractivity contribution in [2.75, 3.05) is 6.61 Å². The van der Waals surface area contributed by atoms with Crippen LogP contribution in [0.1, 0.15) is 36.5 Å². The lowest BCUT2D eigenvalue weighted by Crippen LogP contribution is -2.33. The summed E-state index contributed by atoms with van der Waals surface area (Å²) in [5, 5.41) is 42.5. The van der Waals surface area contributed by atoms with Gasteiger partial charge in [-0.15, -0.1) is 0 Å². The monoisotopic (exact) mass is 445 g/mol. The van der Waals surface area contributed by atoms with Crippen molar-refractivity contribution in [3.63, 3.8) is 0 Å². The second-order valence-electron chi connectivity index (χ2n) is 7.53. The summed E-state index contributed by atoms with van der Waals surface area (Å²) in [7, 11) is 1.06. The highest BCUT2D eigenvalue weighted by atomic mass is 32.2. The van der Waals surface area contributed by atoms with Crippen LogP contribution in [0.15, 0.2) is 12.1 Å². The van der Waals surface area contributed by atoms with Gasteiger partial charge in [0.15, 0.2) is 0 Å². The Kier molecular flexibility index (Phi) is 4.06. The largest absolute Gasteiger partial charge is 0.494 e. The third kappa shape index (κ3) is 2.35. The average Bonchev–Trinajstić information content (AvgIpc) is 3.45. The van der Waals surface area contributed by atoms with Crippen LogP contribution in [0.2, 0.25) is 0 Å². The molecule has 1 saturated heterocycles. The number of nitriles is 1. The molecule has 153 valence electrons. The average molecular weight is 445 g/mol. The lowest BCUT2D eigenvalue weighted by molar-refractivity contribution is -0.107. The molecule has 0 aliphatic carbocycles. The summed E-state index contributed by atoms with van der Waals surface area (Å²) in [4.78, 5) is 0. The number of rotatable bonds is 6. The number of aliphatic hydroxyl groups is 1. The summed E-state index contributed by atoms with van der Waals surface area (Å²) in [5.41, 5.74) is -0.0545. The Labute approximate surface area is 182 Å². The van der Waals surface area contributed by atoms with Crippen LogP contribution in [-0.2, 0) is 20.1 Å². The van der Waals surface area contributed by atoms with E-state index in [2.05, 4.69) is 14.8 Å². The molecule has 2 aromatic heterocycles. The van der Waals surface area contributed by atoms with Crippen LogP contribution in [0.5, 0.6) is 11.8 Å². The first-order valence-corrected chi connectivity index (χ1v) is 10.6. The van der Waals surface area contributed by atoms with Gasteiger partial charge < -0.3 is 24.2 Å². The maximum absolute atomic E-state index is 11.2. The minimum absolute atomic E-state index is 0.213. The normalized spacial score (nSPS) is 27.2. The number of ether oxygens (including phenoxy) is 1. The zero-order chi connectivity index (χ0) is 22.0. The van der Waals surface area contributed by atoms with Gasteiger partial charge in [0.25, 0.3) is 0 Å². The molecule has 1 fully saturated rings. The number of aromatic nitrogens is 3. The fourth-order valence-corrected chi connectivity index (χ4v) is 5.48. The van der Waals surface area contributed by atoms with E-state index in [0.717, 1.165) is 30.7 Å². The van der Waals surface area contributed by atoms with Gasteiger partial charge in [0.2, 0.25) is 18.8 Å². The molecule has 1 radical (unpaired) electrons. The number of benzene rings is 1. The Bertz CT molecular complexity index is 1250. The first-order valence-electron chi connectivity index (χ1n) is 9.65. The van der Waals surface area contributed by atoms with E-state index in [1.54, 1.807) is 19.1 Å². The summed E-state index contributed by atoms with van der Waals surface area (Å²) in [6, 6.07) is 5.21. The van der Waals surface area contributed by atoms with Gasteiger partial charge in [-0.3, -0.25) is 0 Å². The maximum Gasteiger partial charge on any atom is 0.209 e. The van der Waals surface area contributed by atoms with Crippen LogP contribution in [0, 0.1) is 11.3 Å². The molecular formula is C18H16BN4O5S2. The van der Waals surface area contributed by atoms with E-state index < -0.39 is 17.3 Å². The van der Waals surface area contributed by atoms with Gasteiger partial charge in [-0.25, -0.2) is 4.57 Å². The highest BCUT2D eigenvalue weighted by molar-refractivity contribution is 8.15. The summed E-state index contributed by atoms with van der Waals surface area (Å²) >= 11 is 1.81. The fraction of sp³-hybridized carbons (Fsp3) is 0.389. The van der Waals surface area contributed by atoms with Gasteiger partial charge >= 0.3 is 0 Å². The Morgan fingerprint density at radius 3 is 2.97 bits per heavy atom. The molecule has 3 N–H and O–H groups in total. The smallest absolute Gasteiger partial charge is 0.209 e. The van der Waals surface area contributed by atoms with Gasteiger partial charge in [0, 0.05) is 12.8 Å². The molecule has 2 aliphatic rings. The van der Waals surface area contributed by atoms with Crippen LogP contribution >= 0.6 is 23.6 Å². The molecular weight excluding hydrogens is 427 g/mol. The zero-order valence-corrected chi connectivity index (χ0v) is 17.3. The molecule has 0 amide bonds. The van der Waals surface area contributed by atoms with Gasteiger partial charge in [-0.05, 0) is 20.4 Å². The maximum atomic E-state index is 11.2. The van der Waals surface area contributed by atoms with Gasteiger partial charge in [0.1, 0.15) is 28.3 Å². The molecule has 0 saturated carbocycles. The predicted molar refractivity (Wildman–Crippen MR) is 111 cm³/mol. The number of fused-ring (bicyclic) bond motifs is 6. The highest BCUT2D eigenvalue weighted by Gasteiger charge is 2.66. The summed E-state index contributed by atoms with van der Waals surface area (Å²) in [6.45, 7) is 1.89. The predicted octanol–water partition coefficient (Wildman–Crippen LogP) is 1.84. The quantitative estimate of drug-likeness (QED) is 0.295. The highest BCUT2D eigenvalue weighted by Crippen LogP contribution is 2.65. The summed E-state index contributed by atoms with van der Waals surface area (Å²) in [5.74, 6) is -0.480. The second-order valence-corrected chi connectivity index (χ2v) is 8.49. The van der Waals surface area contributed by atoms with Gasteiger partial charge in [-0.2, -0.15) is 14.0 Å². The van der Waals surface area contributed by atoms with Crippen molar-refractivity contribution in [1.82, 2.24) is 13.3 Å². The molecule has 9 nitrogen and oxygen atoms in total. The standard InChI is InChI=1S/C18H16BN4O5S2/c1-17-10(24)6-18(28-17,4-5-27-29-19)12-11(17)15(25)23(16(12)26)9-3-2-8(7-20)13-14(9)22-30-21-13/h2-3,10,19,24-26H,4-6H2,1H3/t10-,17?,18?/m0/s1/i19T. The molecule has 4 heterocycles. The lowest BCUT2D eigenvalue weighted by atomic mass is 9.76. The van der Waals surface area contributed by atoms with E-state index in [4.69, 9.17) is 10.3 Å². The molecule has 3 atom stereocenters. The van der Waals surface area contributed by atoms with Gasteiger partial charge in [0.05, 0.1) is 46.8 Å². The molecule has 2 bridgehead atoms. The van der Waals surface area contributed by atoms with E-state index in [-0.39, 0.29) is 24.8 Å². The Balaban J connectivity index is 1.69. The third-order valence-electron chi connectivity index (χ3n) is 6.05. The third-order valence-corrected chi connectivity index (χ3v) is 6.88. The van der Waals surface area contributed by atoms with Crippen LogP contribution in [0.3, 0.4) is 0 Å². The van der Waals surface area contributed by atoms with Crippen molar-refractivity contribution < 1.29 is 24.2 Å². The van der Waals surface area contributed by atoms with Crippen molar-refractivity contribution in [1.29, 1.82) is 6.60 Å². The first-order chi connectivity index (χ1) is 14.9. The topological polar surface area (TPSA) is 134 Å². The minimum Gasteiger partial charge on any atom is -0.494 e. The molecule has 12 heteroatoms. The van der Waals surface area contributed by atoms with E-state index in [0.29, 0.717) is 39.8 Å². The van der Waals surface area contributed by atoms with Crippen molar-refractivity contribution in [3.8, 4) is 23.5 Å². The van der Waals surface area contributed by atoms with E-state index >= 15 is 0 Å². The van der Waals surface area contributed by atoms with Crippen LogP contribution < -0.4 is 0 Å². The van der Waals surface area contributed by atoms with E-state index in [9.17, 15) is 20.6 Å². The molecule has 2 aliphatic heterocycles. The summed E-state index contributed by atoms with van der Waals surface area (Å²) < 4.78 is 28.3. The van der Waals surface area contributed by atoms with Crippen molar-refractivity contribution in [2.24, 2.45) is 0 Å². The Morgan fingerprint density at radius 2 is 2.20 bits per heavy atom. The van der Waals surface area contributed by atoms with Crippen LogP contribution in [-0.4, -0.2) is 49.8 Å². The zero-order valence-electron chi connectivity index (χ0n) is 16.7. The molecule has 2 unspecified atom stereocenters. The van der Waals surface area contributed by atoms with Crippen molar-refractivity contribution in [2.45, 2.75) is 37.1 Å². The van der Waals surface area contributed by atoms with Crippen LogP contribution in [0.4, 0.5) is 0 Å². The Morgan fingerprint density at radius 1 is 1.43 bits per heavy atom. The second kappa shape index (κ2) is 6.60. The van der Waals surface area contributed by atoms with Gasteiger partial charge in [-0.1, -0.05) is 11.9 Å². The lowest BCUT2D eigenvalue weighted by Gasteiger charge is -2.26. The Hall–Kier alpha value is -2.30. The molecule has 5 rings (SSSR count). The number of aromatic hydroxyl groups is 2. The molecule has 0 spiro atoms. The number of hydrogen-bond acceptors (Lipinski definition) is 10. The van der Waals surface area contributed by atoms with Crippen LogP contribution in [0.25, 0.3) is 16.7 Å². The SMILES string of the molecule is [3H][B]SOCCC12C[C@H](O)C(C)(O1)c1c2c(O)n(-c2ccc(C#N)c3nsnc23)c1O. The molecule has 1 aromatic carbocycles. The number of aliphatic hydroxyl groups excluding tert-OH is 1. The fourth-order valence-electron chi connectivity index (χ4n) is 4.73. The van der Waals surface area contributed by atoms with E-state index in [1.165, 1.54) is 4.57 Å². The minimum atomic E-state index is -1.21. The molecule has 30 heavy (non-hydrogen) atoms. The first kappa shape index (κ1) is 18.5. The van der Waals surface area contributed by atoms with Crippen molar-refractivity contribution >= 4 is 41.7 Å². The summed E-state index contributed by atoms with van der Waals surface area (Å²) in [6.07, 6.45) is -0.350. The van der Waals surface area contributed by atoms with Crippen molar-refractivity contribution in [3.05, 3.63) is 28.8 Å². The number of hydrogen-bond donors (Lipinski definition) is 3. The number of nitrogens with zero attached hydrogens (tertiary/aromatic N) is 4.